The van der Waals surface area contributed by atoms with Gasteiger partial charge in [-0.1, -0.05) is 45.2 Å². The molecular weight excluding hydrogens is 307 g/mol. The van der Waals surface area contributed by atoms with Crippen LogP contribution < -0.4 is 11.3 Å². The molecule has 0 amide bonds. The average Bonchev–Trinajstić information content (AvgIpc) is 2.42. The second-order valence-electron chi connectivity index (χ2n) is 5.00. The minimum atomic E-state index is -0.213. The van der Waals surface area contributed by atoms with Gasteiger partial charge in [-0.3, -0.25) is 11.3 Å². The molecule has 1 rings (SSSR count). The summed E-state index contributed by atoms with van der Waals surface area (Å²) in [6, 6.07) is 5.35. The molecule has 0 spiro atoms. The number of hydrogen-bond donors (Lipinski definition) is 2. The first kappa shape index (κ1) is 16.6. The lowest BCUT2D eigenvalue weighted by molar-refractivity contribution is 0.318. The van der Waals surface area contributed by atoms with Gasteiger partial charge in [-0.25, -0.2) is 4.39 Å². The Hall–Kier alpha value is -0.450. The molecule has 19 heavy (non-hydrogen) atoms. The Morgan fingerprint density at radius 1 is 1.37 bits per heavy atom. The maximum atomic E-state index is 13.5. The van der Waals surface area contributed by atoms with Crippen molar-refractivity contribution in [3.05, 3.63) is 34.1 Å². The highest BCUT2D eigenvalue weighted by Gasteiger charge is 2.20. The van der Waals surface area contributed by atoms with Crippen molar-refractivity contribution in [3.8, 4) is 0 Å². The van der Waals surface area contributed by atoms with Gasteiger partial charge in [0, 0.05) is 6.04 Å². The summed E-state index contributed by atoms with van der Waals surface area (Å²) in [7, 11) is 0. The Morgan fingerprint density at radius 3 is 2.68 bits per heavy atom. The summed E-state index contributed by atoms with van der Waals surface area (Å²) in [5.41, 5.74) is 3.88. The number of hydrazine groups is 1. The van der Waals surface area contributed by atoms with E-state index < -0.39 is 0 Å². The van der Waals surface area contributed by atoms with E-state index in [4.69, 9.17) is 5.84 Å². The monoisotopic (exact) mass is 330 g/mol. The quantitative estimate of drug-likeness (QED) is 0.554. The van der Waals surface area contributed by atoms with Crippen LogP contribution in [0.1, 0.15) is 45.1 Å². The topological polar surface area (TPSA) is 38.0 Å². The molecule has 0 saturated carbocycles. The third kappa shape index (κ3) is 4.86. The van der Waals surface area contributed by atoms with Gasteiger partial charge in [0.2, 0.25) is 0 Å². The van der Waals surface area contributed by atoms with Crippen LogP contribution in [0.15, 0.2) is 22.7 Å². The van der Waals surface area contributed by atoms with Gasteiger partial charge < -0.3 is 0 Å². The van der Waals surface area contributed by atoms with Crippen LogP contribution in [0.2, 0.25) is 0 Å². The van der Waals surface area contributed by atoms with Crippen LogP contribution in [0, 0.1) is 11.7 Å². The molecule has 0 heterocycles. The average molecular weight is 331 g/mol. The zero-order chi connectivity index (χ0) is 14.3. The number of halogens is 2. The molecule has 2 atom stereocenters. The summed E-state index contributed by atoms with van der Waals surface area (Å²) >= 11 is 3.32. The van der Waals surface area contributed by atoms with Gasteiger partial charge in [0.15, 0.2) is 0 Å². The van der Waals surface area contributed by atoms with E-state index in [0.29, 0.717) is 10.4 Å². The summed E-state index contributed by atoms with van der Waals surface area (Å²) in [4.78, 5) is 0. The van der Waals surface area contributed by atoms with Gasteiger partial charge in [0.1, 0.15) is 5.82 Å². The minimum absolute atomic E-state index is 0.189. The second kappa shape index (κ2) is 8.67. The summed E-state index contributed by atoms with van der Waals surface area (Å²) in [6.07, 6.45) is 5.39. The van der Waals surface area contributed by atoms with Crippen LogP contribution in [0.4, 0.5) is 4.39 Å². The van der Waals surface area contributed by atoms with Crippen molar-refractivity contribution in [3.63, 3.8) is 0 Å². The van der Waals surface area contributed by atoms with E-state index in [1.807, 2.05) is 6.07 Å². The van der Waals surface area contributed by atoms with Gasteiger partial charge >= 0.3 is 0 Å². The van der Waals surface area contributed by atoms with Crippen molar-refractivity contribution in [2.45, 2.75) is 52.0 Å². The summed E-state index contributed by atoms with van der Waals surface area (Å²) < 4.78 is 14.1. The Kier molecular flexibility index (Phi) is 7.57. The molecule has 0 aliphatic carbocycles. The molecule has 0 fully saturated rings. The summed E-state index contributed by atoms with van der Waals surface area (Å²) in [5.74, 6) is 6.01. The van der Waals surface area contributed by atoms with E-state index in [2.05, 4.69) is 35.2 Å². The number of hydrogen-bond acceptors (Lipinski definition) is 2. The first-order valence-corrected chi connectivity index (χ1v) is 7.82. The van der Waals surface area contributed by atoms with Crippen molar-refractivity contribution in [1.29, 1.82) is 0 Å². The molecule has 108 valence electrons. The number of rotatable bonds is 8. The third-order valence-electron chi connectivity index (χ3n) is 3.71. The number of nitrogens with two attached hydrogens (primary N) is 1. The summed E-state index contributed by atoms with van der Waals surface area (Å²) in [5, 5.41) is 0. The van der Waals surface area contributed by atoms with Crippen LogP contribution in [0.3, 0.4) is 0 Å². The van der Waals surface area contributed by atoms with E-state index in [-0.39, 0.29) is 11.9 Å². The molecule has 2 nitrogen and oxygen atoms in total. The highest BCUT2D eigenvalue weighted by atomic mass is 79.9. The van der Waals surface area contributed by atoms with Crippen molar-refractivity contribution in [2.24, 2.45) is 11.8 Å². The smallest absolute Gasteiger partial charge is 0.137 e. The molecule has 0 bridgehead atoms. The molecule has 0 saturated heterocycles. The zero-order valence-electron chi connectivity index (χ0n) is 11.8. The second-order valence-corrected chi connectivity index (χ2v) is 5.79. The van der Waals surface area contributed by atoms with Crippen molar-refractivity contribution in [1.82, 2.24) is 5.43 Å². The Balaban J connectivity index is 2.77. The first-order valence-electron chi connectivity index (χ1n) is 7.03. The molecule has 1 aromatic rings. The van der Waals surface area contributed by atoms with Crippen molar-refractivity contribution >= 4 is 15.9 Å². The molecule has 0 aromatic heterocycles. The fourth-order valence-corrected chi connectivity index (χ4v) is 2.89. The van der Waals surface area contributed by atoms with Crippen LogP contribution in [-0.4, -0.2) is 6.04 Å². The Bertz CT molecular complexity index is 384. The standard InChI is InChI=1S/C15H24BrFN2/c1-3-5-7-11(4-2)14(19-18)10-12-8-6-9-13(17)15(12)16/h6,8-9,11,14,19H,3-5,7,10,18H2,1-2H3. The molecule has 4 heteroatoms. The number of nitrogens with one attached hydrogen (secondary N) is 1. The highest BCUT2D eigenvalue weighted by Crippen LogP contribution is 2.25. The van der Waals surface area contributed by atoms with Crippen LogP contribution >= 0.6 is 15.9 Å². The van der Waals surface area contributed by atoms with Gasteiger partial charge in [-0.15, -0.1) is 0 Å². The predicted octanol–water partition coefficient (Wildman–Crippen LogP) is 4.18. The Labute approximate surface area is 124 Å². The number of benzene rings is 1. The van der Waals surface area contributed by atoms with E-state index in [9.17, 15) is 4.39 Å². The van der Waals surface area contributed by atoms with E-state index in [1.165, 1.54) is 18.9 Å². The lowest BCUT2D eigenvalue weighted by Gasteiger charge is -2.26. The molecular formula is C15H24BrFN2. The lowest BCUT2D eigenvalue weighted by Crippen LogP contribution is -2.42. The predicted molar refractivity (Wildman–Crippen MR) is 82.2 cm³/mol. The largest absolute Gasteiger partial charge is 0.271 e. The van der Waals surface area contributed by atoms with Gasteiger partial charge in [0.25, 0.3) is 0 Å². The van der Waals surface area contributed by atoms with Crippen LogP contribution in [0.5, 0.6) is 0 Å². The SMILES string of the molecule is CCCCC(CC)C(Cc1cccc(F)c1Br)NN. The molecule has 0 aliphatic heterocycles. The minimum Gasteiger partial charge on any atom is -0.271 e. The maximum absolute atomic E-state index is 13.5. The molecule has 2 unspecified atom stereocenters. The first-order chi connectivity index (χ1) is 9.13. The van der Waals surface area contributed by atoms with E-state index in [0.717, 1.165) is 24.8 Å². The Morgan fingerprint density at radius 2 is 2.11 bits per heavy atom. The van der Waals surface area contributed by atoms with E-state index >= 15 is 0 Å². The van der Waals surface area contributed by atoms with Crippen LogP contribution in [0.25, 0.3) is 0 Å². The molecule has 3 N–H and O–H groups in total. The third-order valence-corrected chi connectivity index (χ3v) is 4.60. The fraction of sp³-hybridized carbons (Fsp3) is 0.600. The lowest BCUT2D eigenvalue weighted by atomic mass is 9.88. The molecule has 0 radical (unpaired) electrons. The van der Waals surface area contributed by atoms with Crippen LogP contribution in [-0.2, 0) is 6.42 Å². The van der Waals surface area contributed by atoms with Gasteiger partial charge in [-0.2, -0.15) is 0 Å². The number of unbranched alkanes of at least 4 members (excludes halogenated alkanes) is 1. The highest BCUT2D eigenvalue weighted by molar-refractivity contribution is 9.10. The fourth-order valence-electron chi connectivity index (χ4n) is 2.46. The summed E-state index contributed by atoms with van der Waals surface area (Å²) in [6.45, 7) is 4.38. The maximum Gasteiger partial charge on any atom is 0.137 e. The zero-order valence-corrected chi connectivity index (χ0v) is 13.3. The van der Waals surface area contributed by atoms with Gasteiger partial charge in [-0.05, 0) is 46.3 Å². The van der Waals surface area contributed by atoms with Crippen molar-refractivity contribution < 1.29 is 4.39 Å². The van der Waals surface area contributed by atoms with Crippen molar-refractivity contribution in [2.75, 3.05) is 0 Å². The normalized spacial score (nSPS) is 14.4. The van der Waals surface area contributed by atoms with Gasteiger partial charge in [0.05, 0.1) is 4.47 Å². The van der Waals surface area contributed by atoms with E-state index in [1.54, 1.807) is 6.07 Å². The molecule has 1 aromatic carbocycles. The molecule has 0 aliphatic rings.